The third-order valence-electron chi connectivity index (χ3n) is 7.46. The Morgan fingerprint density at radius 2 is 1.83 bits per heavy atom. The van der Waals surface area contributed by atoms with Crippen LogP contribution in [-0.4, -0.2) is 57.5 Å². The number of carbonyl (C=O) groups is 4. The average molecular weight is 485 g/mol. The lowest BCUT2D eigenvalue weighted by molar-refractivity contribution is -0.136. The monoisotopic (exact) mass is 484 g/mol. The minimum absolute atomic E-state index is 0.113. The Labute approximate surface area is 210 Å². The van der Waals surface area contributed by atoms with Crippen molar-refractivity contribution in [1.82, 2.24) is 20.1 Å². The Morgan fingerprint density at radius 1 is 1.03 bits per heavy atom. The quantitative estimate of drug-likeness (QED) is 0.499. The number of hydrogen-bond donors (Lipinski definition) is 1. The maximum absolute atomic E-state index is 13.3. The maximum atomic E-state index is 13.3. The molecule has 4 amide bonds. The SMILES string of the molecule is C#Cc1ccc(CN2CCC(CCc3cccc4c3C(=O)N(C3CCC(=O)NC3=O)C4=O)CC2)cn1. The molecule has 2 fully saturated rings. The van der Waals surface area contributed by atoms with E-state index < -0.39 is 23.8 Å². The van der Waals surface area contributed by atoms with Crippen LogP contribution in [-0.2, 0) is 22.6 Å². The van der Waals surface area contributed by atoms with E-state index in [2.05, 4.69) is 21.1 Å². The van der Waals surface area contributed by atoms with Crippen LogP contribution in [0, 0.1) is 18.3 Å². The van der Waals surface area contributed by atoms with Crippen LogP contribution in [0.1, 0.15) is 69.6 Å². The van der Waals surface area contributed by atoms with E-state index in [0.29, 0.717) is 29.2 Å². The van der Waals surface area contributed by atoms with Gasteiger partial charge < -0.3 is 0 Å². The van der Waals surface area contributed by atoms with Crippen molar-refractivity contribution in [3.8, 4) is 12.3 Å². The van der Waals surface area contributed by atoms with Gasteiger partial charge in [-0.3, -0.25) is 34.3 Å². The first-order chi connectivity index (χ1) is 17.4. The smallest absolute Gasteiger partial charge is 0.262 e. The standard InChI is InChI=1S/C28H28N4O4/c1-2-21-9-7-19(16-29-21)17-31-14-12-18(13-15-31)6-8-20-4-3-5-22-25(20)28(36)32(27(22)35)23-10-11-24(33)30-26(23)34/h1,3-5,7,9,16,18,23H,6,8,10-15,17H2,(H,30,33,34). The zero-order valence-electron chi connectivity index (χ0n) is 20.0. The molecule has 8 heteroatoms. The molecular formula is C28H28N4O4. The lowest BCUT2D eigenvalue weighted by Crippen LogP contribution is -2.54. The number of nitrogens with zero attached hydrogens (tertiary/aromatic N) is 3. The van der Waals surface area contributed by atoms with Crippen molar-refractivity contribution < 1.29 is 19.2 Å². The number of piperidine rings is 2. The molecule has 1 aromatic heterocycles. The largest absolute Gasteiger partial charge is 0.299 e. The first-order valence-corrected chi connectivity index (χ1v) is 12.4. The molecule has 2 saturated heterocycles. The molecule has 1 unspecified atom stereocenters. The molecule has 1 N–H and O–H groups in total. The molecule has 1 atom stereocenters. The summed E-state index contributed by atoms with van der Waals surface area (Å²) >= 11 is 0. The highest BCUT2D eigenvalue weighted by atomic mass is 16.2. The fourth-order valence-electron chi connectivity index (χ4n) is 5.45. The van der Waals surface area contributed by atoms with Crippen molar-refractivity contribution >= 4 is 23.6 Å². The minimum Gasteiger partial charge on any atom is -0.299 e. The van der Waals surface area contributed by atoms with E-state index in [9.17, 15) is 19.2 Å². The molecule has 2 aromatic rings. The normalized spacial score (nSPS) is 20.9. The molecule has 3 aliphatic rings. The zero-order valence-corrected chi connectivity index (χ0v) is 20.0. The number of terminal acetylenes is 1. The van der Waals surface area contributed by atoms with Gasteiger partial charge in [0.05, 0.1) is 11.1 Å². The summed E-state index contributed by atoms with van der Waals surface area (Å²) in [5.74, 6) is 1.23. The van der Waals surface area contributed by atoms with E-state index >= 15 is 0 Å². The van der Waals surface area contributed by atoms with E-state index in [4.69, 9.17) is 6.42 Å². The van der Waals surface area contributed by atoms with Gasteiger partial charge in [-0.15, -0.1) is 6.42 Å². The van der Waals surface area contributed by atoms with Gasteiger partial charge in [-0.1, -0.05) is 24.1 Å². The van der Waals surface area contributed by atoms with Crippen LogP contribution in [0.4, 0.5) is 0 Å². The van der Waals surface area contributed by atoms with Crippen LogP contribution in [0.25, 0.3) is 0 Å². The highest BCUT2D eigenvalue weighted by Crippen LogP contribution is 2.32. The van der Waals surface area contributed by atoms with Gasteiger partial charge in [-0.2, -0.15) is 0 Å². The second kappa shape index (κ2) is 10.0. The van der Waals surface area contributed by atoms with Crippen molar-refractivity contribution in [1.29, 1.82) is 0 Å². The first kappa shape index (κ1) is 23.9. The zero-order chi connectivity index (χ0) is 25.2. The van der Waals surface area contributed by atoms with Crippen LogP contribution in [0.2, 0.25) is 0 Å². The highest BCUT2D eigenvalue weighted by molar-refractivity contribution is 6.24. The summed E-state index contributed by atoms with van der Waals surface area (Å²) in [5, 5.41) is 2.24. The second-order valence-corrected chi connectivity index (χ2v) is 9.74. The molecule has 0 aliphatic carbocycles. The maximum Gasteiger partial charge on any atom is 0.262 e. The molecule has 5 rings (SSSR count). The number of carbonyl (C=O) groups excluding carboxylic acids is 4. The van der Waals surface area contributed by atoms with Gasteiger partial charge in [0.15, 0.2) is 0 Å². The molecule has 36 heavy (non-hydrogen) atoms. The van der Waals surface area contributed by atoms with Crippen molar-refractivity contribution in [3.63, 3.8) is 0 Å². The Morgan fingerprint density at radius 3 is 2.53 bits per heavy atom. The highest BCUT2D eigenvalue weighted by Gasteiger charge is 2.45. The molecule has 4 heterocycles. The predicted octanol–water partition coefficient (Wildman–Crippen LogP) is 2.31. The van der Waals surface area contributed by atoms with Gasteiger partial charge in [0.1, 0.15) is 11.7 Å². The number of pyridine rings is 1. The van der Waals surface area contributed by atoms with E-state index in [0.717, 1.165) is 54.9 Å². The van der Waals surface area contributed by atoms with Gasteiger partial charge >= 0.3 is 0 Å². The van der Waals surface area contributed by atoms with Gasteiger partial charge in [-0.05, 0) is 74.4 Å². The van der Waals surface area contributed by atoms with Crippen molar-refractivity contribution in [2.75, 3.05) is 13.1 Å². The van der Waals surface area contributed by atoms with Gasteiger partial charge in [0.2, 0.25) is 11.8 Å². The molecule has 184 valence electrons. The Bertz CT molecular complexity index is 1260. The van der Waals surface area contributed by atoms with Crippen LogP contribution in [0.15, 0.2) is 36.5 Å². The van der Waals surface area contributed by atoms with Crippen LogP contribution >= 0.6 is 0 Å². The fourth-order valence-corrected chi connectivity index (χ4v) is 5.45. The lowest BCUT2D eigenvalue weighted by Gasteiger charge is -2.32. The summed E-state index contributed by atoms with van der Waals surface area (Å²) in [4.78, 5) is 57.9. The topological polar surface area (TPSA) is 99.7 Å². The molecule has 0 saturated carbocycles. The molecule has 0 spiro atoms. The van der Waals surface area contributed by atoms with Crippen LogP contribution in [0.3, 0.4) is 0 Å². The van der Waals surface area contributed by atoms with Gasteiger partial charge in [0.25, 0.3) is 11.8 Å². The summed E-state index contributed by atoms with van der Waals surface area (Å²) in [5.41, 5.74) is 3.40. The summed E-state index contributed by atoms with van der Waals surface area (Å²) in [6, 6.07) is 8.31. The number of rotatable bonds is 6. The Hall–Kier alpha value is -3.83. The van der Waals surface area contributed by atoms with Gasteiger partial charge in [-0.25, -0.2) is 4.98 Å². The number of hydrogen-bond acceptors (Lipinski definition) is 6. The van der Waals surface area contributed by atoms with E-state index in [-0.39, 0.29) is 18.7 Å². The average Bonchev–Trinajstić information content (AvgIpc) is 3.14. The number of nitrogens with one attached hydrogen (secondary N) is 1. The van der Waals surface area contributed by atoms with E-state index in [1.165, 1.54) is 0 Å². The van der Waals surface area contributed by atoms with E-state index in [1.807, 2.05) is 24.4 Å². The first-order valence-electron chi connectivity index (χ1n) is 12.4. The molecule has 0 radical (unpaired) electrons. The summed E-state index contributed by atoms with van der Waals surface area (Å²) in [6.07, 6.45) is 11.3. The predicted molar refractivity (Wildman–Crippen MR) is 132 cm³/mol. The van der Waals surface area contributed by atoms with Crippen molar-refractivity contribution in [3.05, 3.63) is 64.5 Å². The van der Waals surface area contributed by atoms with Crippen molar-refractivity contribution in [2.24, 2.45) is 5.92 Å². The number of likely N-dealkylation sites (tertiary alicyclic amines) is 1. The number of aryl methyl sites for hydroxylation is 1. The fraction of sp³-hybridized carbons (Fsp3) is 0.393. The number of aromatic nitrogens is 1. The van der Waals surface area contributed by atoms with Crippen LogP contribution < -0.4 is 5.32 Å². The van der Waals surface area contributed by atoms with E-state index in [1.54, 1.807) is 12.1 Å². The number of imide groups is 2. The van der Waals surface area contributed by atoms with Crippen molar-refractivity contribution in [2.45, 2.75) is 51.1 Å². The number of fused-ring (bicyclic) bond motifs is 1. The minimum atomic E-state index is -0.940. The molecular weight excluding hydrogens is 456 g/mol. The van der Waals surface area contributed by atoms with Crippen LogP contribution in [0.5, 0.6) is 0 Å². The molecule has 8 nitrogen and oxygen atoms in total. The Kier molecular flexibility index (Phi) is 6.66. The summed E-state index contributed by atoms with van der Waals surface area (Å²) < 4.78 is 0. The molecule has 1 aromatic carbocycles. The summed E-state index contributed by atoms with van der Waals surface area (Å²) in [6.45, 7) is 2.84. The molecule has 0 bridgehead atoms. The Balaban J connectivity index is 1.19. The summed E-state index contributed by atoms with van der Waals surface area (Å²) in [7, 11) is 0. The number of amides is 4. The lowest BCUT2D eigenvalue weighted by atomic mass is 9.88. The third-order valence-corrected chi connectivity index (χ3v) is 7.46. The van der Waals surface area contributed by atoms with Gasteiger partial charge in [0, 0.05) is 19.2 Å². The third kappa shape index (κ3) is 4.67. The second-order valence-electron chi connectivity index (χ2n) is 9.74. The molecule has 3 aliphatic heterocycles. The number of benzene rings is 1.